The fraction of sp³-hybridized carbons (Fsp3) is 0.706. The van der Waals surface area contributed by atoms with Gasteiger partial charge in [0, 0.05) is 54.2 Å². The number of nitrogens with one attached hydrogen (secondary N) is 3. The summed E-state index contributed by atoms with van der Waals surface area (Å²) < 4.78 is 50.0. The second-order valence-corrected chi connectivity index (χ2v) is 8.49. The van der Waals surface area contributed by atoms with Crippen LogP contribution in [0, 0.1) is 0 Å². The van der Waals surface area contributed by atoms with E-state index < -0.39 is 22.7 Å². The van der Waals surface area contributed by atoms with E-state index >= 15 is 0 Å². The van der Waals surface area contributed by atoms with E-state index in [4.69, 9.17) is 0 Å². The van der Waals surface area contributed by atoms with Gasteiger partial charge in [-0.2, -0.15) is 13.2 Å². The summed E-state index contributed by atoms with van der Waals surface area (Å²) in [6, 6.07) is 1.04. The number of alkyl halides is 3. The van der Waals surface area contributed by atoms with Gasteiger partial charge in [0.05, 0.1) is 0 Å². The molecule has 1 heterocycles. The van der Waals surface area contributed by atoms with Crippen molar-refractivity contribution >= 4 is 46.7 Å². The van der Waals surface area contributed by atoms with E-state index in [1.54, 1.807) is 7.05 Å². The van der Waals surface area contributed by atoms with Gasteiger partial charge in [0.1, 0.15) is 5.69 Å². The zero-order valence-electron chi connectivity index (χ0n) is 16.5. The maximum Gasteiger partial charge on any atom is 0.433 e. The van der Waals surface area contributed by atoms with Gasteiger partial charge in [-0.3, -0.25) is 9.20 Å². The fourth-order valence-corrected chi connectivity index (χ4v) is 4.44. The highest BCUT2D eigenvalue weighted by molar-refractivity contribution is 14.0. The minimum atomic E-state index is -4.50. The smallest absolute Gasteiger partial charge is 0.355 e. The normalized spacial score (nSPS) is 21.1. The average Bonchev–Trinajstić information content (AvgIpc) is 2.69. The van der Waals surface area contributed by atoms with Crippen LogP contribution in [0.25, 0.3) is 0 Å². The lowest BCUT2D eigenvalue weighted by molar-refractivity contribution is -0.141. The molecule has 0 bridgehead atoms. The van der Waals surface area contributed by atoms with E-state index in [2.05, 4.69) is 30.9 Å². The van der Waals surface area contributed by atoms with E-state index in [1.165, 1.54) is 0 Å². The van der Waals surface area contributed by atoms with Crippen LogP contribution in [0.15, 0.2) is 17.3 Å². The molecule has 7 nitrogen and oxygen atoms in total. The van der Waals surface area contributed by atoms with Crippen LogP contribution in [0.4, 0.5) is 19.1 Å². The number of halogens is 4. The molecule has 0 spiro atoms. The number of nitrogens with zero attached hydrogens (tertiary/aromatic N) is 3. The molecule has 3 N–H and O–H groups in total. The summed E-state index contributed by atoms with van der Waals surface area (Å²) in [6.07, 6.45) is 0.436. The molecule has 0 aliphatic heterocycles. The number of hydrogen-bond acceptors (Lipinski definition) is 5. The van der Waals surface area contributed by atoms with Crippen molar-refractivity contribution < 1.29 is 17.4 Å². The summed E-state index contributed by atoms with van der Waals surface area (Å²) >= 11 is 0. The molecule has 12 heteroatoms. The Morgan fingerprint density at radius 1 is 1.34 bits per heavy atom. The molecule has 1 aliphatic rings. The molecular formula is C17H28F3IN6OS. The molecule has 0 amide bonds. The maximum atomic E-state index is 12.7. The van der Waals surface area contributed by atoms with Crippen molar-refractivity contribution in [3.8, 4) is 0 Å². The molecule has 3 atom stereocenters. The van der Waals surface area contributed by atoms with E-state index in [1.807, 2.05) is 6.92 Å². The van der Waals surface area contributed by atoms with Crippen LogP contribution in [0.3, 0.4) is 0 Å². The monoisotopic (exact) mass is 548 g/mol. The zero-order valence-corrected chi connectivity index (χ0v) is 19.6. The summed E-state index contributed by atoms with van der Waals surface area (Å²) in [5.74, 6) is 1.21. The van der Waals surface area contributed by atoms with Gasteiger partial charge in [0.15, 0.2) is 5.96 Å². The quantitative estimate of drug-likeness (QED) is 0.210. The van der Waals surface area contributed by atoms with Crippen molar-refractivity contribution in [1.29, 1.82) is 0 Å². The number of guanidine groups is 1. The van der Waals surface area contributed by atoms with Gasteiger partial charge in [0.2, 0.25) is 5.95 Å². The van der Waals surface area contributed by atoms with Crippen molar-refractivity contribution in [1.82, 2.24) is 20.6 Å². The molecule has 1 aromatic heterocycles. The molecular weight excluding hydrogens is 520 g/mol. The van der Waals surface area contributed by atoms with Crippen molar-refractivity contribution in [2.75, 3.05) is 31.2 Å². The van der Waals surface area contributed by atoms with Gasteiger partial charge in [0.25, 0.3) is 0 Å². The minimum Gasteiger partial charge on any atom is -0.355 e. The Morgan fingerprint density at radius 3 is 2.76 bits per heavy atom. The summed E-state index contributed by atoms with van der Waals surface area (Å²) in [5, 5.41) is 9.43. The van der Waals surface area contributed by atoms with Gasteiger partial charge in [-0.25, -0.2) is 9.97 Å². The molecule has 166 valence electrons. The van der Waals surface area contributed by atoms with Crippen LogP contribution < -0.4 is 16.0 Å². The summed E-state index contributed by atoms with van der Waals surface area (Å²) in [5.41, 5.74) is -0.980. The first-order chi connectivity index (χ1) is 13.3. The lowest BCUT2D eigenvalue weighted by atomic mass is 9.95. The number of aliphatic imine (C=N–C) groups is 1. The molecule has 1 fully saturated rings. The maximum absolute atomic E-state index is 12.7. The van der Waals surface area contributed by atoms with E-state index in [0.29, 0.717) is 24.8 Å². The third-order valence-electron chi connectivity index (χ3n) is 4.49. The SMILES string of the molecule is CCS(=O)C1CCCC(NC(=NC)NCCNc2nccc(C(F)(F)F)n2)C1.I. The number of aromatic nitrogens is 2. The Bertz CT molecular complexity index is 691. The highest BCUT2D eigenvalue weighted by atomic mass is 127. The number of rotatable bonds is 7. The van der Waals surface area contributed by atoms with Gasteiger partial charge >= 0.3 is 6.18 Å². The van der Waals surface area contributed by atoms with Crippen LogP contribution >= 0.6 is 24.0 Å². The van der Waals surface area contributed by atoms with Gasteiger partial charge < -0.3 is 16.0 Å². The first kappa shape index (κ1) is 25.9. The van der Waals surface area contributed by atoms with Crippen LogP contribution in [-0.2, 0) is 17.0 Å². The predicted molar refractivity (Wildman–Crippen MR) is 120 cm³/mol. The molecule has 0 aromatic carbocycles. The molecule has 0 saturated heterocycles. The third kappa shape index (κ3) is 8.60. The van der Waals surface area contributed by atoms with Crippen LogP contribution in [0.1, 0.15) is 38.3 Å². The van der Waals surface area contributed by atoms with Gasteiger partial charge in [-0.1, -0.05) is 13.3 Å². The lowest BCUT2D eigenvalue weighted by Gasteiger charge is -2.30. The van der Waals surface area contributed by atoms with Crippen molar-refractivity contribution in [2.45, 2.75) is 50.1 Å². The standard InChI is InChI=1S/C17H27F3N6OS.HI/c1-3-28(27)13-6-4-5-12(11-13)25-15(21-2)23-9-10-24-16-22-8-7-14(26-16)17(18,19)20;/h7-8,12-13H,3-6,9-11H2,1-2H3,(H2,21,23,25)(H,22,24,26);1H. The van der Waals surface area contributed by atoms with Crippen LogP contribution in [-0.4, -0.2) is 57.3 Å². The van der Waals surface area contributed by atoms with Crippen LogP contribution in [0.2, 0.25) is 0 Å². The summed E-state index contributed by atoms with van der Waals surface area (Å²) in [4.78, 5) is 11.4. The molecule has 3 unspecified atom stereocenters. The Labute approximate surface area is 188 Å². The summed E-state index contributed by atoms with van der Waals surface area (Å²) in [6.45, 7) is 2.69. The second-order valence-electron chi connectivity index (χ2n) is 6.49. The van der Waals surface area contributed by atoms with Gasteiger partial charge in [-0.15, -0.1) is 24.0 Å². The van der Waals surface area contributed by atoms with E-state index in [-0.39, 0.29) is 41.2 Å². The fourth-order valence-electron chi connectivity index (χ4n) is 3.10. The minimum absolute atomic E-state index is 0. The average molecular weight is 548 g/mol. The van der Waals surface area contributed by atoms with E-state index in [0.717, 1.165) is 37.9 Å². The number of hydrogen-bond donors (Lipinski definition) is 3. The van der Waals surface area contributed by atoms with Crippen LogP contribution in [0.5, 0.6) is 0 Å². The highest BCUT2D eigenvalue weighted by Gasteiger charge is 2.32. The number of anilines is 1. The molecule has 1 aromatic rings. The first-order valence-electron chi connectivity index (χ1n) is 9.32. The topological polar surface area (TPSA) is 91.3 Å². The molecule has 1 saturated carbocycles. The summed E-state index contributed by atoms with van der Waals surface area (Å²) in [7, 11) is 0.864. The van der Waals surface area contributed by atoms with Crippen molar-refractivity contribution in [2.24, 2.45) is 4.99 Å². The lowest BCUT2D eigenvalue weighted by Crippen LogP contribution is -2.47. The second kappa shape index (κ2) is 12.5. The molecule has 29 heavy (non-hydrogen) atoms. The van der Waals surface area contributed by atoms with Gasteiger partial charge in [-0.05, 0) is 25.3 Å². The Morgan fingerprint density at radius 2 is 2.10 bits per heavy atom. The molecule has 1 aliphatic carbocycles. The highest BCUT2D eigenvalue weighted by Crippen LogP contribution is 2.27. The molecule has 0 radical (unpaired) electrons. The Balaban J connectivity index is 0.00000420. The molecule has 2 rings (SSSR count). The van der Waals surface area contributed by atoms with E-state index in [9.17, 15) is 17.4 Å². The zero-order chi connectivity index (χ0) is 20.6. The Hall–Kier alpha value is -1.18. The first-order valence-corrected chi connectivity index (χ1v) is 10.7. The largest absolute Gasteiger partial charge is 0.433 e. The van der Waals surface area contributed by atoms with Crippen molar-refractivity contribution in [3.63, 3.8) is 0 Å². The predicted octanol–water partition coefficient (Wildman–Crippen LogP) is 2.77. The third-order valence-corrected chi connectivity index (χ3v) is 6.23. The van der Waals surface area contributed by atoms with Crippen molar-refractivity contribution in [3.05, 3.63) is 18.0 Å². The Kier molecular flexibility index (Phi) is 11.1.